The maximum absolute atomic E-state index is 6.13. The molecule has 0 fully saturated rings. The second-order valence-electron chi connectivity index (χ2n) is 6.15. The number of nitrogens with one attached hydrogen (secondary N) is 1. The Morgan fingerprint density at radius 1 is 1.09 bits per heavy atom. The van der Waals surface area contributed by atoms with Crippen LogP contribution in [0.5, 0.6) is 5.75 Å². The molecule has 0 radical (unpaired) electrons. The highest BCUT2D eigenvalue weighted by Crippen LogP contribution is 2.29. The van der Waals surface area contributed by atoms with Crippen LogP contribution >= 0.6 is 23.2 Å². The number of halogens is 2. The lowest BCUT2D eigenvalue weighted by molar-refractivity contribution is 0.356. The molecule has 116 valence electrons. The molecule has 2 aromatic rings. The molecule has 0 spiro atoms. The highest BCUT2D eigenvalue weighted by Gasteiger charge is 2.21. The van der Waals surface area contributed by atoms with Gasteiger partial charge in [0.1, 0.15) is 5.75 Å². The molecular formula is C18H19Cl2NO. The highest BCUT2D eigenvalue weighted by atomic mass is 35.5. The summed E-state index contributed by atoms with van der Waals surface area (Å²) in [6.45, 7) is 5.87. The zero-order valence-electron chi connectivity index (χ0n) is 12.7. The first-order valence-electron chi connectivity index (χ1n) is 7.41. The fourth-order valence-corrected chi connectivity index (χ4v) is 2.96. The van der Waals surface area contributed by atoms with E-state index in [2.05, 4.69) is 37.4 Å². The molecule has 0 aromatic heterocycles. The maximum Gasteiger partial charge on any atom is 0.122 e. The Bertz CT molecular complexity index is 697. The first kappa shape index (κ1) is 15.7. The Kier molecular flexibility index (Phi) is 4.35. The number of hydrogen-bond acceptors (Lipinski definition) is 2. The van der Waals surface area contributed by atoms with E-state index in [1.54, 1.807) is 0 Å². The standard InChI is InChI=1S/C18H19Cl2NO/c1-18(2,14-4-5-15(19)16(20)10-14)21-11-12-3-6-17-13(9-12)7-8-22-17/h3-6,9-10,21H,7-8,11H2,1-2H3. The molecule has 22 heavy (non-hydrogen) atoms. The SMILES string of the molecule is CC(C)(NCc1ccc2c(c1)CCO2)c1ccc(Cl)c(Cl)c1. The van der Waals surface area contributed by atoms with Crippen LogP contribution < -0.4 is 10.1 Å². The average molecular weight is 336 g/mol. The summed E-state index contributed by atoms with van der Waals surface area (Å²) in [6, 6.07) is 12.2. The third-order valence-electron chi connectivity index (χ3n) is 4.13. The zero-order valence-corrected chi connectivity index (χ0v) is 14.3. The predicted octanol–water partition coefficient (Wildman–Crippen LogP) is 4.95. The van der Waals surface area contributed by atoms with E-state index in [-0.39, 0.29) is 5.54 Å². The molecule has 4 heteroatoms. The molecule has 1 aliphatic heterocycles. The molecule has 0 bridgehead atoms. The number of rotatable bonds is 4. The minimum atomic E-state index is -0.191. The van der Waals surface area contributed by atoms with Crippen molar-refractivity contribution in [1.29, 1.82) is 0 Å². The van der Waals surface area contributed by atoms with Crippen LogP contribution in [0.3, 0.4) is 0 Å². The minimum absolute atomic E-state index is 0.191. The quantitative estimate of drug-likeness (QED) is 0.853. The van der Waals surface area contributed by atoms with Crippen LogP contribution in [0.2, 0.25) is 10.0 Å². The van der Waals surface area contributed by atoms with Gasteiger partial charge in [-0.15, -0.1) is 0 Å². The van der Waals surface area contributed by atoms with Gasteiger partial charge in [0, 0.05) is 18.5 Å². The van der Waals surface area contributed by atoms with Gasteiger partial charge in [-0.05, 0) is 48.7 Å². The molecule has 1 heterocycles. The van der Waals surface area contributed by atoms with E-state index in [1.807, 2.05) is 18.2 Å². The fourth-order valence-electron chi connectivity index (χ4n) is 2.66. The van der Waals surface area contributed by atoms with Crippen molar-refractivity contribution in [2.75, 3.05) is 6.61 Å². The average Bonchev–Trinajstić information content (AvgIpc) is 2.95. The van der Waals surface area contributed by atoms with Gasteiger partial charge in [0.2, 0.25) is 0 Å². The predicted molar refractivity (Wildman–Crippen MR) is 92.0 cm³/mol. The van der Waals surface area contributed by atoms with Crippen LogP contribution in [-0.4, -0.2) is 6.61 Å². The van der Waals surface area contributed by atoms with Gasteiger partial charge in [0.25, 0.3) is 0 Å². The lowest BCUT2D eigenvalue weighted by Crippen LogP contribution is -2.35. The van der Waals surface area contributed by atoms with Crippen molar-refractivity contribution < 1.29 is 4.74 Å². The first-order chi connectivity index (χ1) is 10.5. The van der Waals surface area contributed by atoms with Crippen LogP contribution in [0.1, 0.15) is 30.5 Å². The third kappa shape index (κ3) is 3.24. The Labute approximate surface area is 141 Å². The van der Waals surface area contributed by atoms with E-state index < -0.39 is 0 Å². The molecule has 2 aromatic carbocycles. The number of benzene rings is 2. The van der Waals surface area contributed by atoms with Crippen molar-refractivity contribution >= 4 is 23.2 Å². The maximum atomic E-state index is 6.13. The van der Waals surface area contributed by atoms with E-state index in [0.29, 0.717) is 10.0 Å². The van der Waals surface area contributed by atoms with Gasteiger partial charge in [-0.25, -0.2) is 0 Å². The Morgan fingerprint density at radius 3 is 2.68 bits per heavy atom. The van der Waals surface area contributed by atoms with Crippen molar-refractivity contribution in [1.82, 2.24) is 5.32 Å². The van der Waals surface area contributed by atoms with E-state index in [4.69, 9.17) is 27.9 Å². The summed E-state index contributed by atoms with van der Waals surface area (Å²) in [4.78, 5) is 0. The first-order valence-corrected chi connectivity index (χ1v) is 8.16. The Balaban J connectivity index is 1.72. The summed E-state index contributed by atoms with van der Waals surface area (Å²) >= 11 is 12.1. The van der Waals surface area contributed by atoms with Crippen molar-refractivity contribution in [2.45, 2.75) is 32.4 Å². The summed E-state index contributed by atoms with van der Waals surface area (Å²) in [6.07, 6.45) is 0.999. The van der Waals surface area contributed by atoms with Crippen LogP contribution in [0.15, 0.2) is 36.4 Å². The molecule has 0 amide bonds. The summed E-state index contributed by atoms with van der Waals surface area (Å²) in [5, 5.41) is 4.76. The van der Waals surface area contributed by atoms with Gasteiger partial charge in [-0.2, -0.15) is 0 Å². The van der Waals surface area contributed by atoms with Crippen LogP contribution in [0, 0.1) is 0 Å². The van der Waals surface area contributed by atoms with Gasteiger partial charge in [-0.3, -0.25) is 0 Å². The largest absolute Gasteiger partial charge is 0.493 e. The van der Waals surface area contributed by atoms with E-state index in [1.165, 1.54) is 11.1 Å². The topological polar surface area (TPSA) is 21.3 Å². The number of ether oxygens (including phenoxy) is 1. The molecule has 2 nitrogen and oxygen atoms in total. The molecule has 0 aliphatic carbocycles. The van der Waals surface area contributed by atoms with E-state index in [0.717, 1.165) is 30.9 Å². The van der Waals surface area contributed by atoms with Crippen molar-refractivity contribution in [3.8, 4) is 5.75 Å². The van der Waals surface area contributed by atoms with E-state index in [9.17, 15) is 0 Å². The van der Waals surface area contributed by atoms with Crippen LogP contribution in [0.4, 0.5) is 0 Å². The van der Waals surface area contributed by atoms with Crippen LogP contribution in [-0.2, 0) is 18.5 Å². The van der Waals surface area contributed by atoms with Gasteiger partial charge in [0.15, 0.2) is 0 Å². The lowest BCUT2D eigenvalue weighted by Gasteiger charge is -2.27. The molecular weight excluding hydrogens is 317 g/mol. The molecule has 0 saturated heterocycles. The second-order valence-corrected chi connectivity index (χ2v) is 6.96. The third-order valence-corrected chi connectivity index (χ3v) is 4.87. The van der Waals surface area contributed by atoms with Gasteiger partial charge in [0.05, 0.1) is 16.7 Å². The Hall–Kier alpha value is -1.22. The monoisotopic (exact) mass is 335 g/mol. The summed E-state index contributed by atoms with van der Waals surface area (Å²) in [7, 11) is 0. The van der Waals surface area contributed by atoms with Crippen molar-refractivity contribution in [2.24, 2.45) is 0 Å². The Morgan fingerprint density at radius 2 is 1.91 bits per heavy atom. The summed E-state index contributed by atoms with van der Waals surface area (Å²) in [5.74, 6) is 1.02. The minimum Gasteiger partial charge on any atom is -0.493 e. The highest BCUT2D eigenvalue weighted by molar-refractivity contribution is 6.42. The summed E-state index contributed by atoms with van der Waals surface area (Å²) < 4.78 is 5.54. The second kappa shape index (κ2) is 6.11. The molecule has 0 unspecified atom stereocenters. The van der Waals surface area contributed by atoms with Crippen LogP contribution in [0.25, 0.3) is 0 Å². The van der Waals surface area contributed by atoms with Crippen molar-refractivity contribution in [3.05, 3.63) is 63.1 Å². The fraction of sp³-hybridized carbons (Fsp3) is 0.333. The number of hydrogen-bond donors (Lipinski definition) is 1. The number of fused-ring (bicyclic) bond motifs is 1. The molecule has 0 saturated carbocycles. The van der Waals surface area contributed by atoms with Crippen molar-refractivity contribution in [3.63, 3.8) is 0 Å². The lowest BCUT2D eigenvalue weighted by atomic mass is 9.94. The zero-order chi connectivity index (χ0) is 15.7. The normalized spacial score (nSPS) is 13.8. The smallest absolute Gasteiger partial charge is 0.122 e. The van der Waals surface area contributed by atoms with E-state index >= 15 is 0 Å². The molecule has 1 N–H and O–H groups in total. The molecule has 0 atom stereocenters. The van der Waals surface area contributed by atoms with Gasteiger partial charge in [-0.1, -0.05) is 41.4 Å². The molecule has 3 rings (SSSR count). The van der Waals surface area contributed by atoms with Gasteiger partial charge < -0.3 is 10.1 Å². The van der Waals surface area contributed by atoms with Gasteiger partial charge >= 0.3 is 0 Å². The molecule has 1 aliphatic rings. The summed E-state index contributed by atoms with van der Waals surface area (Å²) in [5.41, 5.74) is 3.49.